The molecule has 4 rings (SSSR count). The summed E-state index contributed by atoms with van der Waals surface area (Å²) in [6.45, 7) is 2.54. The van der Waals surface area contributed by atoms with Crippen molar-refractivity contribution in [3.8, 4) is 0 Å². The highest BCUT2D eigenvalue weighted by molar-refractivity contribution is 6.51. The summed E-state index contributed by atoms with van der Waals surface area (Å²) in [5.74, 6) is -1.49. The first kappa shape index (κ1) is 15.4. The number of aromatic nitrogens is 1. The van der Waals surface area contributed by atoms with Crippen molar-refractivity contribution < 1.29 is 14.7 Å². The molecular weight excluding hydrogens is 318 g/mol. The number of aliphatic hydroxyl groups is 1. The molecule has 0 unspecified atom stereocenters. The lowest BCUT2D eigenvalue weighted by molar-refractivity contribution is -0.113. The molecule has 6 heteroatoms. The van der Waals surface area contributed by atoms with E-state index in [1.165, 1.54) is 6.20 Å². The molecule has 6 nitrogen and oxygen atoms in total. The molecule has 0 atom stereocenters. The van der Waals surface area contributed by atoms with Gasteiger partial charge in [-0.1, -0.05) is 18.2 Å². The predicted molar refractivity (Wildman–Crippen MR) is 93.4 cm³/mol. The molecule has 0 saturated carbocycles. The van der Waals surface area contributed by atoms with E-state index in [-0.39, 0.29) is 17.2 Å². The fourth-order valence-electron chi connectivity index (χ4n) is 3.35. The Morgan fingerprint density at radius 1 is 0.840 bits per heavy atom. The quantitative estimate of drug-likeness (QED) is 0.845. The number of para-hydroxylation sites is 1. The van der Waals surface area contributed by atoms with Crippen molar-refractivity contribution in [2.45, 2.75) is 0 Å². The maximum atomic E-state index is 12.5. The number of hydrogen-bond acceptors (Lipinski definition) is 6. The number of pyridine rings is 1. The number of anilines is 1. The first-order valence-corrected chi connectivity index (χ1v) is 8.19. The van der Waals surface area contributed by atoms with Gasteiger partial charge in [-0.2, -0.15) is 0 Å². The molecule has 0 bridgehead atoms. The van der Waals surface area contributed by atoms with Crippen molar-refractivity contribution in [1.82, 2.24) is 9.88 Å². The van der Waals surface area contributed by atoms with Crippen molar-refractivity contribution in [2.24, 2.45) is 0 Å². The number of piperazine rings is 1. The van der Waals surface area contributed by atoms with Gasteiger partial charge in [-0.3, -0.25) is 14.6 Å². The van der Waals surface area contributed by atoms with Crippen LogP contribution in [0.4, 0.5) is 5.69 Å². The number of ketones is 2. The molecule has 1 aromatic heterocycles. The fourth-order valence-corrected chi connectivity index (χ4v) is 3.35. The van der Waals surface area contributed by atoms with E-state index < -0.39 is 11.6 Å². The van der Waals surface area contributed by atoms with E-state index in [4.69, 9.17) is 0 Å². The SMILES string of the molecule is O=C1C(=O)c2ncccc2C(O)=C1N1CCN(c2ccccc2)CC1. The standard InChI is InChI=1S/C19H17N3O3/c23-17-14-7-4-8-20-15(14)18(24)19(25)16(17)22-11-9-21(10-12-22)13-5-2-1-3-6-13/h1-8,23H,9-12H2. The van der Waals surface area contributed by atoms with Gasteiger partial charge in [-0.15, -0.1) is 0 Å². The van der Waals surface area contributed by atoms with E-state index in [1.807, 2.05) is 30.3 Å². The molecule has 2 aliphatic rings. The zero-order chi connectivity index (χ0) is 17.4. The van der Waals surface area contributed by atoms with Gasteiger partial charge in [0.2, 0.25) is 0 Å². The second kappa shape index (κ2) is 6.05. The minimum atomic E-state index is -0.683. The van der Waals surface area contributed by atoms with Crippen LogP contribution in [0.5, 0.6) is 0 Å². The van der Waals surface area contributed by atoms with Gasteiger partial charge in [0.15, 0.2) is 5.76 Å². The van der Waals surface area contributed by atoms with Crippen LogP contribution in [-0.2, 0) is 4.79 Å². The summed E-state index contributed by atoms with van der Waals surface area (Å²) in [4.78, 5) is 32.8. The molecule has 2 aromatic rings. The minimum Gasteiger partial charge on any atom is -0.505 e. The molecule has 0 radical (unpaired) electrons. The average molecular weight is 335 g/mol. The number of carbonyl (C=O) groups excluding carboxylic acids is 2. The van der Waals surface area contributed by atoms with Gasteiger partial charge in [0.1, 0.15) is 11.4 Å². The smallest absolute Gasteiger partial charge is 0.255 e. The van der Waals surface area contributed by atoms with Crippen LogP contribution in [0, 0.1) is 0 Å². The maximum absolute atomic E-state index is 12.5. The van der Waals surface area contributed by atoms with Crippen LogP contribution >= 0.6 is 0 Å². The third kappa shape index (κ3) is 2.55. The predicted octanol–water partition coefficient (Wildman–Crippen LogP) is 1.90. The number of rotatable bonds is 2. The Morgan fingerprint density at radius 2 is 1.52 bits per heavy atom. The largest absolute Gasteiger partial charge is 0.505 e. The highest BCUT2D eigenvalue weighted by atomic mass is 16.3. The first-order chi connectivity index (χ1) is 12.2. The van der Waals surface area contributed by atoms with Crippen LogP contribution in [0.25, 0.3) is 5.76 Å². The fraction of sp³-hybridized carbons (Fsp3) is 0.211. The number of carbonyl (C=O) groups is 2. The van der Waals surface area contributed by atoms with E-state index >= 15 is 0 Å². The summed E-state index contributed by atoms with van der Waals surface area (Å²) in [5, 5.41) is 10.6. The Bertz CT molecular complexity index is 868. The lowest BCUT2D eigenvalue weighted by atomic mass is 9.95. The zero-order valence-electron chi connectivity index (χ0n) is 13.6. The van der Waals surface area contributed by atoms with Crippen molar-refractivity contribution in [3.63, 3.8) is 0 Å². The molecule has 1 N–H and O–H groups in total. The number of hydrogen-bond donors (Lipinski definition) is 1. The number of Topliss-reactive ketones (excluding diaryl/α,β-unsaturated/α-hetero) is 2. The third-order valence-corrected chi connectivity index (χ3v) is 4.64. The Kier molecular flexibility index (Phi) is 3.72. The van der Waals surface area contributed by atoms with Crippen LogP contribution in [-0.4, -0.2) is 52.7 Å². The van der Waals surface area contributed by atoms with Gasteiger partial charge in [0.05, 0.1) is 0 Å². The first-order valence-electron chi connectivity index (χ1n) is 8.19. The van der Waals surface area contributed by atoms with E-state index in [1.54, 1.807) is 17.0 Å². The molecule has 0 spiro atoms. The van der Waals surface area contributed by atoms with Crippen molar-refractivity contribution >= 4 is 23.0 Å². The number of aliphatic hydroxyl groups excluding tert-OH is 1. The van der Waals surface area contributed by atoms with Crippen molar-refractivity contribution in [2.75, 3.05) is 31.1 Å². The van der Waals surface area contributed by atoms with Gasteiger partial charge in [-0.25, -0.2) is 0 Å². The Hall–Kier alpha value is -3.15. The second-order valence-corrected chi connectivity index (χ2v) is 6.06. The van der Waals surface area contributed by atoms with Gasteiger partial charge in [0, 0.05) is 43.6 Å². The van der Waals surface area contributed by atoms with E-state index in [9.17, 15) is 14.7 Å². The van der Waals surface area contributed by atoms with Gasteiger partial charge in [-0.05, 0) is 24.3 Å². The van der Waals surface area contributed by atoms with E-state index in [0.717, 1.165) is 5.69 Å². The normalized spacial score (nSPS) is 17.8. The molecule has 0 amide bonds. The van der Waals surface area contributed by atoms with Crippen LogP contribution in [0.15, 0.2) is 54.4 Å². The minimum absolute atomic E-state index is 0.0247. The highest BCUT2D eigenvalue weighted by Crippen LogP contribution is 2.29. The molecule has 25 heavy (non-hydrogen) atoms. The number of allylic oxidation sites excluding steroid dienone is 1. The van der Waals surface area contributed by atoms with Gasteiger partial charge >= 0.3 is 0 Å². The number of fused-ring (bicyclic) bond motifs is 1. The van der Waals surface area contributed by atoms with Gasteiger partial charge in [0.25, 0.3) is 11.6 Å². The number of nitrogens with zero attached hydrogens (tertiary/aromatic N) is 3. The molecule has 1 aliphatic carbocycles. The van der Waals surface area contributed by atoms with Crippen molar-refractivity contribution in [1.29, 1.82) is 0 Å². The lowest BCUT2D eigenvalue weighted by Gasteiger charge is -2.38. The number of benzene rings is 1. The van der Waals surface area contributed by atoms with Gasteiger partial charge < -0.3 is 14.9 Å². The monoisotopic (exact) mass is 335 g/mol. The van der Waals surface area contributed by atoms with Crippen LogP contribution < -0.4 is 4.90 Å². The second-order valence-electron chi connectivity index (χ2n) is 6.06. The molecule has 2 heterocycles. The van der Waals surface area contributed by atoms with Crippen LogP contribution in [0.3, 0.4) is 0 Å². The average Bonchev–Trinajstić information content (AvgIpc) is 2.68. The molecule has 1 aromatic carbocycles. The van der Waals surface area contributed by atoms with E-state index in [0.29, 0.717) is 31.7 Å². The molecule has 126 valence electrons. The summed E-state index contributed by atoms with van der Waals surface area (Å²) in [6, 6.07) is 13.3. The Labute approximate surface area is 145 Å². The highest BCUT2D eigenvalue weighted by Gasteiger charge is 2.37. The van der Waals surface area contributed by atoms with E-state index in [2.05, 4.69) is 9.88 Å². The maximum Gasteiger partial charge on any atom is 0.255 e. The summed E-state index contributed by atoms with van der Waals surface area (Å²) in [5.41, 5.74) is 1.57. The Balaban J connectivity index is 1.60. The van der Waals surface area contributed by atoms with Crippen LogP contribution in [0.1, 0.15) is 16.1 Å². The third-order valence-electron chi connectivity index (χ3n) is 4.64. The molecular formula is C19H17N3O3. The summed E-state index contributed by atoms with van der Waals surface area (Å²) in [6.07, 6.45) is 1.45. The summed E-state index contributed by atoms with van der Waals surface area (Å²) < 4.78 is 0. The summed E-state index contributed by atoms with van der Waals surface area (Å²) in [7, 11) is 0. The van der Waals surface area contributed by atoms with Crippen molar-refractivity contribution in [3.05, 3.63) is 65.6 Å². The lowest BCUT2D eigenvalue weighted by Crippen LogP contribution is -2.48. The Morgan fingerprint density at radius 3 is 2.24 bits per heavy atom. The molecule has 1 aliphatic heterocycles. The zero-order valence-corrected chi connectivity index (χ0v) is 13.6. The topological polar surface area (TPSA) is 73.7 Å². The van der Waals surface area contributed by atoms with Crippen LogP contribution in [0.2, 0.25) is 0 Å². The molecule has 1 saturated heterocycles. The molecule has 1 fully saturated rings. The summed E-state index contributed by atoms with van der Waals surface area (Å²) >= 11 is 0.